The molecule has 0 spiro atoms. The Kier molecular flexibility index (Phi) is 4.99. The summed E-state index contributed by atoms with van der Waals surface area (Å²) in [6, 6.07) is 11.1. The lowest BCUT2D eigenvalue weighted by molar-refractivity contribution is 0.100. The smallest absolute Gasteiger partial charge is 0.267 e. The summed E-state index contributed by atoms with van der Waals surface area (Å²) in [5.41, 5.74) is 7.57. The molecule has 0 atom stereocenters. The zero-order chi connectivity index (χ0) is 22.4. The number of fused-ring (bicyclic) bond motifs is 1. The molecule has 0 saturated heterocycles. The Morgan fingerprint density at radius 3 is 2.62 bits per heavy atom. The first kappa shape index (κ1) is 20.3. The van der Waals surface area contributed by atoms with E-state index < -0.39 is 0 Å². The molecule has 0 aliphatic heterocycles. The lowest BCUT2D eigenvalue weighted by Crippen LogP contribution is -2.29. The van der Waals surface area contributed by atoms with E-state index in [1.54, 1.807) is 58.7 Å². The first-order valence-corrected chi connectivity index (χ1v) is 11.7. The molecule has 4 aromatic heterocycles. The number of benzene rings is 1. The van der Waals surface area contributed by atoms with Crippen molar-refractivity contribution in [3.05, 3.63) is 80.0 Å². The van der Waals surface area contributed by atoms with Crippen LogP contribution >= 0.6 is 22.7 Å². The number of thiazole rings is 1. The van der Waals surface area contributed by atoms with Crippen molar-refractivity contribution in [2.24, 2.45) is 7.05 Å². The molecule has 160 valence electrons. The number of rotatable bonds is 4. The summed E-state index contributed by atoms with van der Waals surface area (Å²) in [4.78, 5) is 30.3. The van der Waals surface area contributed by atoms with E-state index in [1.165, 1.54) is 4.68 Å². The van der Waals surface area contributed by atoms with Gasteiger partial charge in [0, 0.05) is 45.7 Å². The highest BCUT2D eigenvalue weighted by Gasteiger charge is 2.19. The van der Waals surface area contributed by atoms with Crippen molar-refractivity contribution in [1.82, 2.24) is 19.4 Å². The predicted octanol–water partition coefficient (Wildman–Crippen LogP) is 4.59. The summed E-state index contributed by atoms with van der Waals surface area (Å²) in [7, 11) is 1.54. The van der Waals surface area contributed by atoms with Crippen LogP contribution in [0.25, 0.3) is 32.6 Å². The van der Waals surface area contributed by atoms with E-state index in [1.807, 2.05) is 30.7 Å². The molecule has 0 aliphatic carbocycles. The molecule has 32 heavy (non-hydrogen) atoms. The van der Waals surface area contributed by atoms with Crippen molar-refractivity contribution in [3.63, 3.8) is 0 Å². The van der Waals surface area contributed by atoms with E-state index in [0.29, 0.717) is 10.8 Å². The van der Waals surface area contributed by atoms with Gasteiger partial charge in [-0.2, -0.15) is 16.4 Å². The molecule has 1 amide bonds. The van der Waals surface area contributed by atoms with Crippen LogP contribution in [0.5, 0.6) is 0 Å². The van der Waals surface area contributed by atoms with Crippen LogP contribution in [0.4, 0.5) is 0 Å². The largest absolute Gasteiger partial charge is 0.291 e. The molecule has 5 aromatic rings. The minimum Gasteiger partial charge on any atom is -0.267 e. The highest BCUT2D eigenvalue weighted by molar-refractivity contribution is 7.14. The Hall–Kier alpha value is -3.56. The topological polar surface area (TPSA) is 81.8 Å². The Balaban J connectivity index is 1.51. The molecule has 4 heterocycles. The van der Waals surface area contributed by atoms with Gasteiger partial charge in [0.1, 0.15) is 5.01 Å². The number of carbonyl (C=O) groups is 1. The summed E-state index contributed by atoms with van der Waals surface area (Å²) < 4.78 is 2.93. The van der Waals surface area contributed by atoms with Crippen molar-refractivity contribution in [2.75, 3.05) is 5.43 Å². The summed E-state index contributed by atoms with van der Waals surface area (Å²) >= 11 is 3.24. The van der Waals surface area contributed by atoms with E-state index in [0.717, 1.165) is 33.2 Å². The van der Waals surface area contributed by atoms with E-state index in [9.17, 15) is 9.59 Å². The molecular weight excluding hydrogens is 442 g/mol. The number of nitrogens with zero attached hydrogens (tertiary/aromatic N) is 4. The summed E-state index contributed by atoms with van der Waals surface area (Å²) in [6.45, 7) is 3.87. The maximum atomic E-state index is 13.2. The van der Waals surface area contributed by atoms with Gasteiger partial charge in [-0.25, -0.2) is 9.67 Å². The van der Waals surface area contributed by atoms with Gasteiger partial charge in [-0.05, 0) is 37.4 Å². The van der Waals surface area contributed by atoms with Crippen LogP contribution in [0, 0.1) is 13.8 Å². The number of aryl methyl sites for hydroxylation is 2. The van der Waals surface area contributed by atoms with E-state index in [-0.39, 0.29) is 17.2 Å². The van der Waals surface area contributed by atoms with Crippen LogP contribution in [-0.2, 0) is 7.05 Å². The second-order valence-electron chi connectivity index (χ2n) is 7.43. The molecule has 0 saturated carbocycles. The molecule has 9 heteroatoms. The fraction of sp³-hybridized carbons (Fsp3) is 0.130. The van der Waals surface area contributed by atoms with Gasteiger partial charge >= 0.3 is 0 Å². The third-order valence-corrected chi connectivity index (χ3v) is 6.94. The summed E-state index contributed by atoms with van der Waals surface area (Å²) in [6.07, 6.45) is 0. The zero-order valence-corrected chi connectivity index (χ0v) is 19.3. The van der Waals surface area contributed by atoms with Crippen LogP contribution < -0.4 is 11.0 Å². The normalized spacial score (nSPS) is 11.2. The number of thiophene rings is 1. The molecule has 1 aromatic carbocycles. The maximum Gasteiger partial charge on any atom is 0.291 e. The number of aromatic nitrogens is 4. The second-order valence-corrected chi connectivity index (χ2v) is 9.07. The summed E-state index contributed by atoms with van der Waals surface area (Å²) in [5, 5.41) is 12.3. The van der Waals surface area contributed by atoms with Gasteiger partial charge in [0.15, 0.2) is 5.69 Å². The Labute approximate surface area is 191 Å². The molecule has 7 nitrogen and oxygen atoms in total. The van der Waals surface area contributed by atoms with Crippen LogP contribution in [0.1, 0.15) is 21.9 Å². The van der Waals surface area contributed by atoms with Crippen molar-refractivity contribution >= 4 is 39.4 Å². The molecular formula is C23H19N5O2S2. The highest BCUT2D eigenvalue weighted by atomic mass is 32.1. The van der Waals surface area contributed by atoms with Crippen LogP contribution in [0.2, 0.25) is 0 Å². The van der Waals surface area contributed by atoms with E-state index in [2.05, 4.69) is 22.0 Å². The van der Waals surface area contributed by atoms with Gasteiger partial charge in [-0.3, -0.25) is 19.7 Å². The standard InChI is InChI=1S/C23H19N5O2S2/c1-13-10-18(19-12-32-22(24-19)15-8-9-31-11-15)14(2)28(13)26-21(29)20-16-6-4-5-7-17(16)23(30)27(3)25-20/h4-12H,1-3H3,(H,26,29). The SMILES string of the molecule is Cc1cc(-c2csc(-c3ccsc3)n2)c(C)n1NC(=O)c1nn(C)c(=O)c2ccccc12. The predicted molar refractivity (Wildman–Crippen MR) is 129 cm³/mol. The number of carbonyl (C=O) groups excluding carboxylic acids is 1. The van der Waals surface area contributed by atoms with Gasteiger partial charge in [0.05, 0.1) is 11.1 Å². The molecule has 5 rings (SSSR count). The van der Waals surface area contributed by atoms with Gasteiger partial charge in [0.25, 0.3) is 11.5 Å². The average Bonchev–Trinajstić information content (AvgIpc) is 3.53. The highest BCUT2D eigenvalue weighted by Crippen LogP contribution is 2.32. The Bertz CT molecular complexity index is 1530. The van der Waals surface area contributed by atoms with Gasteiger partial charge in [0.2, 0.25) is 0 Å². The third-order valence-electron chi connectivity index (χ3n) is 5.36. The molecule has 0 bridgehead atoms. The van der Waals surface area contributed by atoms with Crippen LogP contribution in [-0.4, -0.2) is 25.3 Å². The number of nitrogens with one attached hydrogen (secondary N) is 1. The van der Waals surface area contributed by atoms with E-state index in [4.69, 9.17) is 4.98 Å². The van der Waals surface area contributed by atoms with Crippen molar-refractivity contribution < 1.29 is 4.79 Å². The summed E-state index contributed by atoms with van der Waals surface area (Å²) in [5.74, 6) is -0.387. The van der Waals surface area contributed by atoms with Gasteiger partial charge in [-0.15, -0.1) is 11.3 Å². The minimum atomic E-state index is -0.387. The Morgan fingerprint density at radius 2 is 1.88 bits per heavy atom. The van der Waals surface area contributed by atoms with Gasteiger partial charge in [-0.1, -0.05) is 18.2 Å². The molecule has 1 N–H and O–H groups in total. The first-order valence-electron chi connectivity index (χ1n) is 9.89. The fourth-order valence-corrected chi connectivity index (χ4v) is 5.26. The molecule has 0 aliphatic rings. The average molecular weight is 462 g/mol. The van der Waals surface area contributed by atoms with Crippen molar-refractivity contribution in [3.8, 4) is 21.8 Å². The van der Waals surface area contributed by atoms with Crippen molar-refractivity contribution in [1.29, 1.82) is 0 Å². The minimum absolute atomic E-state index is 0.199. The lowest BCUT2D eigenvalue weighted by Gasteiger charge is -2.13. The lowest BCUT2D eigenvalue weighted by atomic mass is 10.1. The monoisotopic (exact) mass is 461 g/mol. The van der Waals surface area contributed by atoms with Crippen LogP contribution in [0.15, 0.2) is 57.3 Å². The second kappa shape index (κ2) is 7.85. The molecule has 0 unspecified atom stereocenters. The number of hydrogen-bond acceptors (Lipinski definition) is 6. The van der Waals surface area contributed by atoms with Gasteiger partial charge < -0.3 is 0 Å². The van der Waals surface area contributed by atoms with E-state index >= 15 is 0 Å². The maximum absolute atomic E-state index is 13.2. The molecule has 0 fully saturated rings. The zero-order valence-electron chi connectivity index (χ0n) is 17.6. The third kappa shape index (κ3) is 3.35. The van der Waals surface area contributed by atoms with Crippen molar-refractivity contribution in [2.45, 2.75) is 13.8 Å². The fourth-order valence-electron chi connectivity index (χ4n) is 3.73. The number of hydrogen-bond donors (Lipinski definition) is 1. The first-order chi connectivity index (χ1) is 15.4. The quantitative estimate of drug-likeness (QED) is 0.424. The van der Waals surface area contributed by atoms with Crippen LogP contribution in [0.3, 0.4) is 0 Å². The molecule has 0 radical (unpaired) electrons. The number of amides is 1. The Morgan fingerprint density at radius 1 is 1.09 bits per heavy atom.